The van der Waals surface area contributed by atoms with Gasteiger partial charge < -0.3 is 11.1 Å². The fraction of sp³-hybridized carbons (Fsp3) is 0.312. The molecule has 104 valence electrons. The summed E-state index contributed by atoms with van der Waals surface area (Å²) in [7, 11) is 0. The Morgan fingerprint density at radius 2 is 2.10 bits per heavy atom. The first-order valence-corrected chi connectivity index (χ1v) is 7.80. The lowest BCUT2D eigenvalue weighted by Gasteiger charge is -2.21. The summed E-state index contributed by atoms with van der Waals surface area (Å²) in [6.45, 7) is 0.565. The van der Waals surface area contributed by atoms with E-state index in [1.807, 2.05) is 24.3 Å². The molecule has 3 rings (SSSR count). The van der Waals surface area contributed by atoms with Crippen LogP contribution in [0.15, 0.2) is 35.7 Å². The predicted molar refractivity (Wildman–Crippen MR) is 82.7 cm³/mol. The average Bonchev–Trinajstić information content (AvgIpc) is 2.94. The highest BCUT2D eigenvalue weighted by atomic mass is 32.1. The van der Waals surface area contributed by atoms with E-state index in [-0.39, 0.29) is 11.8 Å². The third kappa shape index (κ3) is 2.70. The molecule has 1 aliphatic carbocycles. The third-order valence-corrected chi connectivity index (χ3v) is 4.81. The van der Waals surface area contributed by atoms with Crippen molar-refractivity contribution < 1.29 is 4.79 Å². The molecule has 1 aromatic carbocycles. The van der Waals surface area contributed by atoms with E-state index in [4.69, 9.17) is 5.73 Å². The molecular weight excluding hydrogens is 268 g/mol. The molecule has 2 aromatic rings. The highest BCUT2D eigenvalue weighted by Crippen LogP contribution is 2.34. The maximum absolute atomic E-state index is 12.4. The van der Waals surface area contributed by atoms with Gasteiger partial charge in [0.1, 0.15) is 0 Å². The van der Waals surface area contributed by atoms with Gasteiger partial charge in [-0.05, 0) is 54.0 Å². The van der Waals surface area contributed by atoms with Gasteiger partial charge in [0, 0.05) is 17.1 Å². The number of carbonyl (C=O) groups excluding carboxylic acids is 1. The Morgan fingerprint density at radius 1 is 1.30 bits per heavy atom. The van der Waals surface area contributed by atoms with Crippen molar-refractivity contribution in [1.82, 2.24) is 5.32 Å². The lowest BCUT2D eigenvalue weighted by Crippen LogP contribution is -2.30. The first-order valence-electron chi connectivity index (χ1n) is 6.92. The van der Waals surface area contributed by atoms with Crippen LogP contribution in [-0.4, -0.2) is 5.91 Å². The van der Waals surface area contributed by atoms with Crippen LogP contribution in [0.2, 0.25) is 0 Å². The summed E-state index contributed by atoms with van der Waals surface area (Å²) in [6.07, 6.45) is 3.18. The molecule has 0 saturated heterocycles. The van der Waals surface area contributed by atoms with Crippen LogP contribution >= 0.6 is 11.3 Å². The smallest absolute Gasteiger partial charge is 0.227 e. The highest BCUT2D eigenvalue weighted by molar-refractivity contribution is 7.10. The summed E-state index contributed by atoms with van der Waals surface area (Å²) in [5.41, 5.74) is 8.71. The van der Waals surface area contributed by atoms with Crippen LogP contribution in [0, 0.1) is 0 Å². The first-order chi connectivity index (χ1) is 9.74. The summed E-state index contributed by atoms with van der Waals surface area (Å²) < 4.78 is 0. The number of rotatable bonds is 3. The van der Waals surface area contributed by atoms with Crippen LogP contribution in [0.25, 0.3) is 0 Å². The van der Waals surface area contributed by atoms with Gasteiger partial charge in [-0.25, -0.2) is 0 Å². The van der Waals surface area contributed by atoms with Crippen molar-refractivity contribution in [3.63, 3.8) is 0 Å². The molecule has 0 radical (unpaired) electrons. The van der Waals surface area contributed by atoms with Crippen molar-refractivity contribution in [2.75, 3.05) is 5.73 Å². The van der Waals surface area contributed by atoms with Gasteiger partial charge in [-0.1, -0.05) is 12.1 Å². The molecule has 1 amide bonds. The number of fused-ring (bicyclic) bond motifs is 1. The van der Waals surface area contributed by atoms with Crippen LogP contribution in [0.4, 0.5) is 5.69 Å². The van der Waals surface area contributed by atoms with Crippen molar-refractivity contribution in [2.45, 2.75) is 31.7 Å². The molecule has 1 unspecified atom stereocenters. The van der Waals surface area contributed by atoms with E-state index < -0.39 is 0 Å². The number of nitrogens with two attached hydrogens (primary N) is 1. The van der Waals surface area contributed by atoms with E-state index in [9.17, 15) is 4.79 Å². The Balaban J connectivity index is 1.64. The second-order valence-electron chi connectivity index (χ2n) is 5.20. The van der Waals surface area contributed by atoms with E-state index in [0.29, 0.717) is 6.54 Å². The molecule has 1 aliphatic rings. The quantitative estimate of drug-likeness (QED) is 0.852. The molecule has 0 fully saturated rings. The number of anilines is 1. The number of carbonyl (C=O) groups is 1. The largest absolute Gasteiger partial charge is 0.399 e. The Morgan fingerprint density at radius 3 is 2.90 bits per heavy atom. The zero-order chi connectivity index (χ0) is 13.9. The second kappa shape index (κ2) is 5.67. The van der Waals surface area contributed by atoms with E-state index in [0.717, 1.165) is 30.5 Å². The Bertz CT molecular complexity index is 603. The third-order valence-electron chi connectivity index (χ3n) is 3.81. The molecule has 0 bridgehead atoms. The zero-order valence-corrected chi connectivity index (χ0v) is 12.1. The van der Waals surface area contributed by atoms with Gasteiger partial charge >= 0.3 is 0 Å². The SMILES string of the molecule is Nc1ccc(CNC(=O)C2CCCc3sccc32)cc1. The fourth-order valence-corrected chi connectivity index (χ4v) is 3.69. The lowest BCUT2D eigenvalue weighted by atomic mass is 9.87. The highest BCUT2D eigenvalue weighted by Gasteiger charge is 2.26. The molecule has 20 heavy (non-hydrogen) atoms. The van der Waals surface area contributed by atoms with Gasteiger partial charge in [-0.2, -0.15) is 0 Å². The van der Waals surface area contributed by atoms with Gasteiger partial charge in [0.15, 0.2) is 0 Å². The number of nitrogen functional groups attached to an aromatic ring is 1. The number of nitrogens with one attached hydrogen (secondary N) is 1. The minimum Gasteiger partial charge on any atom is -0.399 e. The lowest BCUT2D eigenvalue weighted by molar-refractivity contribution is -0.123. The second-order valence-corrected chi connectivity index (χ2v) is 6.20. The van der Waals surface area contributed by atoms with Crippen LogP contribution in [0.3, 0.4) is 0 Å². The monoisotopic (exact) mass is 286 g/mol. The normalized spacial score (nSPS) is 17.5. The van der Waals surface area contributed by atoms with Crippen LogP contribution < -0.4 is 11.1 Å². The van der Waals surface area contributed by atoms with Gasteiger partial charge in [0.05, 0.1) is 5.92 Å². The van der Waals surface area contributed by atoms with E-state index in [1.165, 1.54) is 10.4 Å². The van der Waals surface area contributed by atoms with Crippen molar-refractivity contribution >= 4 is 22.9 Å². The Hall–Kier alpha value is -1.81. The maximum Gasteiger partial charge on any atom is 0.227 e. The molecule has 0 spiro atoms. The Labute approximate surface area is 122 Å². The molecule has 1 atom stereocenters. The average molecular weight is 286 g/mol. The molecule has 0 saturated carbocycles. The van der Waals surface area contributed by atoms with Gasteiger partial charge in [0.2, 0.25) is 5.91 Å². The molecule has 3 nitrogen and oxygen atoms in total. The van der Waals surface area contributed by atoms with Crippen LogP contribution in [-0.2, 0) is 17.8 Å². The van der Waals surface area contributed by atoms with E-state index in [2.05, 4.69) is 16.8 Å². The minimum atomic E-state index is 0.0266. The Kier molecular flexibility index (Phi) is 3.74. The summed E-state index contributed by atoms with van der Waals surface area (Å²) in [4.78, 5) is 13.7. The number of hydrogen-bond donors (Lipinski definition) is 2. The van der Waals surface area contributed by atoms with Crippen LogP contribution in [0.1, 0.15) is 34.8 Å². The van der Waals surface area contributed by atoms with Gasteiger partial charge in [0.25, 0.3) is 0 Å². The number of aryl methyl sites for hydroxylation is 1. The number of benzene rings is 1. The standard InChI is InChI=1S/C16H18N2OS/c17-12-6-4-11(5-7-12)10-18-16(19)14-2-1-3-15-13(14)8-9-20-15/h4-9,14H,1-3,10,17H2,(H,18,19). The summed E-state index contributed by atoms with van der Waals surface area (Å²) >= 11 is 1.77. The van der Waals surface area contributed by atoms with Crippen molar-refractivity contribution in [2.24, 2.45) is 0 Å². The molecule has 4 heteroatoms. The van der Waals surface area contributed by atoms with Crippen LogP contribution in [0.5, 0.6) is 0 Å². The minimum absolute atomic E-state index is 0.0266. The summed E-state index contributed by atoms with van der Waals surface area (Å²) in [5, 5.41) is 5.14. The molecule has 0 aliphatic heterocycles. The number of thiophene rings is 1. The topological polar surface area (TPSA) is 55.1 Å². The zero-order valence-electron chi connectivity index (χ0n) is 11.3. The molecule has 1 heterocycles. The molecular formula is C16H18N2OS. The molecule has 3 N–H and O–H groups in total. The van der Waals surface area contributed by atoms with Crippen molar-refractivity contribution in [1.29, 1.82) is 0 Å². The predicted octanol–water partition coefficient (Wildman–Crippen LogP) is 3.07. The number of amides is 1. The molecule has 1 aromatic heterocycles. The number of hydrogen-bond acceptors (Lipinski definition) is 3. The summed E-state index contributed by atoms with van der Waals surface area (Å²) in [5.74, 6) is 0.167. The van der Waals surface area contributed by atoms with Crippen molar-refractivity contribution in [3.8, 4) is 0 Å². The summed E-state index contributed by atoms with van der Waals surface area (Å²) in [6, 6.07) is 9.73. The maximum atomic E-state index is 12.4. The van der Waals surface area contributed by atoms with Crippen molar-refractivity contribution in [3.05, 3.63) is 51.7 Å². The van der Waals surface area contributed by atoms with Gasteiger partial charge in [-0.15, -0.1) is 11.3 Å². The van der Waals surface area contributed by atoms with Gasteiger partial charge in [-0.3, -0.25) is 4.79 Å². The van der Waals surface area contributed by atoms with E-state index in [1.54, 1.807) is 11.3 Å². The van der Waals surface area contributed by atoms with E-state index >= 15 is 0 Å². The first kappa shape index (κ1) is 13.2. The fourth-order valence-electron chi connectivity index (χ4n) is 2.71.